The summed E-state index contributed by atoms with van der Waals surface area (Å²) in [4.78, 5) is 14.9. The monoisotopic (exact) mass is 238 g/mol. The van der Waals surface area contributed by atoms with Crippen LogP contribution in [0.1, 0.15) is 21.7 Å². The van der Waals surface area contributed by atoms with Crippen LogP contribution >= 0.6 is 0 Å². The Morgan fingerprint density at radius 3 is 2.61 bits per heavy atom. The molecule has 2 aromatic rings. The van der Waals surface area contributed by atoms with Crippen LogP contribution in [0.5, 0.6) is 0 Å². The molecule has 0 fully saturated rings. The Kier molecular flexibility index (Phi) is 2.78. The van der Waals surface area contributed by atoms with Crippen LogP contribution in [-0.4, -0.2) is 20.6 Å². The van der Waals surface area contributed by atoms with E-state index in [0.29, 0.717) is 5.69 Å². The number of carboxylic acid groups (broad SMARTS) is 1. The fourth-order valence-electron chi connectivity index (χ4n) is 1.58. The molecule has 0 aliphatic heterocycles. The zero-order chi connectivity index (χ0) is 13.1. The Morgan fingerprint density at radius 2 is 2.00 bits per heavy atom. The summed E-state index contributed by atoms with van der Waals surface area (Å²) in [6.45, 7) is 0. The van der Waals surface area contributed by atoms with Gasteiger partial charge < -0.3 is 5.11 Å². The first-order chi connectivity index (χ1) is 8.69. The van der Waals surface area contributed by atoms with E-state index in [-0.39, 0.29) is 17.0 Å². The third-order valence-corrected chi connectivity index (χ3v) is 2.37. The van der Waals surface area contributed by atoms with Gasteiger partial charge in [0.2, 0.25) is 0 Å². The summed E-state index contributed by atoms with van der Waals surface area (Å²) >= 11 is 0. The number of nitriles is 2. The number of carboxylic acids is 1. The quantitative estimate of drug-likeness (QED) is 0.849. The summed E-state index contributed by atoms with van der Waals surface area (Å²) in [5.41, 5.74) is 0.329. The van der Waals surface area contributed by atoms with Gasteiger partial charge in [-0.05, 0) is 12.1 Å². The zero-order valence-electron chi connectivity index (χ0n) is 9.03. The number of hydrogen-bond acceptors (Lipinski definition) is 4. The van der Waals surface area contributed by atoms with Gasteiger partial charge in [0.15, 0.2) is 11.4 Å². The van der Waals surface area contributed by atoms with Gasteiger partial charge in [-0.25, -0.2) is 9.78 Å². The average molecular weight is 238 g/mol. The number of benzene rings is 1. The van der Waals surface area contributed by atoms with Crippen molar-refractivity contribution in [3.63, 3.8) is 0 Å². The number of rotatable bonds is 2. The number of imidazole rings is 1. The molecule has 2 rings (SSSR count). The molecule has 0 radical (unpaired) electrons. The average Bonchev–Trinajstić information content (AvgIpc) is 2.81. The molecule has 6 nitrogen and oxygen atoms in total. The van der Waals surface area contributed by atoms with Gasteiger partial charge in [0.05, 0.1) is 11.3 Å². The molecule has 1 N–H and O–H groups in total. The van der Waals surface area contributed by atoms with Gasteiger partial charge in [-0.15, -0.1) is 0 Å². The highest BCUT2D eigenvalue weighted by Crippen LogP contribution is 2.18. The van der Waals surface area contributed by atoms with E-state index < -0.39 is 5.97 Å². The van der Waals surface area contributed by atoms with Crippen LogP contribution in [0.2, 0.25) is 0 Å². The van der Waals surface area contributed by atoms with Crippen molar-refractivity contribution in [3.05, 3.63) is 47.5 Å². The lowest BCUT2D eigenvalue weighted by Gasteiger charge is -2.07. The SMILES string of the molecule is N#Cc1ncn(-c2ccccc2C(=O)O)c1C#N. The Labute approximate surface area is 102 Å². The minimum Gasteiger partial charge on any atom is -0.478 e. The minimum absolute atomic E-state index is 0.0196. The zero-order valence-corrected chi connectivity index (χ0v) is 9.03. The van der Waals surface area contributed by atoms with Crippen LogP contribution in [0.4, 0.5) is 0 Å². The lowest BCUT2D eigenvalue weighted by atomic mass is 10.1. The van der Waals surface area contributed by atoms with Gasteiger partial charge in [-0.3, -0.25) is 4.57 Å². The number of aromatic carboxylic acids is 1. The molecule has 0 bridgehead atoms. The van der Waals surface area contributed by atoms with Crippen molar-refractivity contribution >= 4 is 5.97 Å². The molecular weight excluding hydrogens is 232 g/mol. The topological polar surface area (TPSA) is 103 Å². The van der Waals surface area contributed by atoms with Crippen molar-refractivity contribution in [2.24, 2.45) is 0 Å². The highest BCUT2D eigenvalue weighted by molar-refractivity contribution is 5.92. The maximum atomic E-state index is 11.1. The summed E-state index contributed by atoms with van der Waals surface area (Å²) in [6, 6.07) is 9.83. The Balaban J connectivity index is 2.72. The van der Waals surface area contributed by atoms with E-state index >= 15 is 0 Å². The maximum Gasteiger partial charge on any atom is 0.337 e. The van der Waals surface area contributed by atoms with Crippen molar-refractivity contribution in [3.8, 4) is 17.8 Å². The van der Waals surface area contributed by atoms with Gasteiger partial charge >= 0.3 is 5.97 Å². The molecule has 0 saturated carbocycles. The molecule has 1 aromatic heterocycles. The Morgan fingerprint density at radius 1 is 1.28 bits per heavy atom. The standard InChI is InChI=1S/C12H6N4O2/c13-5-9-11(6-14)16(7-15-9)10-4-2-1-3-8(10)12(17)18/h1-4,7H,(H,17,18). The first kappa shape index (κ1) is 11.4. The van der Waals surface area contributed by atoms with Gasteiger partial charge in [0.25, 0.3) is 0 Å². The molecule has 1 aromatic carbocycles. The van der Waals surface area contributed by atoms with E-state index in [2.05, 4.69) is 4.98 Å². The number of nitrogens with zero attached hydrogens (tertiary/aromatic N) is 4. The Bertz CT molecular complexity index is 704. The van der Waals surface area contributed by atoms with E-state index in [9.17, 15) is 4.79 Å². The lowest BCUT2D eigenvalue weighted by molar-refractivity contribution is 0.0697. The number of carbonyl (C=O) groups is 1. The maximum absolute atomic E-state index is 11.1. The predicted molar refractivity (Wildman–Crippen MR) is 60.0 cm³/mol. The van der Waals surface area contributed by atoms with Gasteiger partial charge in [0, 0.05) is 0 Å². The minimum atomic E-state index is -1.11. The first-order valence-corrected chi connectivity index (χ1v) is 4.89. The van der Waals surface area contributed by atoms with E-state index in [0.717, 1.165) is 0 Å². The van der Waals surface area contributed by atoms with Crippen LogP contribution in [0.15, 0.2) is 30.6 Å². The van der Waals surface area contributed by atoms with Crippen molar-refractivity contribution in [2.75, 3.05) is 0 Å². The fraction of sp³-hybridized carbons (Fsp3) is 0. The Hall–Kier alpha value is -3.12. The first-order valence-electron chi connectivity index (χ1n) is 4.89. The van der Waals surface area contributed by atoms with Crippen LogP contribution in [0, 0.1) is 22.7 Å². The van der Waals surface area contributed by atoms with E-state index in [1.165, 1.54) is 17.0 Å². The van der Waals surface area contributed by atoms with Crippen molar-refractivity contribution in [2.45, 2.75) is 0 Å². The van der Waals surface area contributed by atoms with Gasteiger partial charge in [-0.2, -0.15) is 10.5 Å². The van der Waals surface area contributed by atoms with Crippen molar-refractivity contribution in [1.29, 1.82) is 10.5 Å². The van der Waals surface area contributed by atoms with Gasteiger partial charge in [0.1, 0.15) is 18.5 Å². The van der Waals surface area contributed by atoms with Crippen molar-refractivity contribution < 1.29 is 9.90 Å². The molecule has 0 unspecified atom stereocenters. The molecule has 0 atom stereocenters. The van der Waals surface area contributed by atoms with Crippen LogP contribution < -0.4 is 0 Å². The fourth-order valence-corrected chi connectivity index (χ4v) is 1.58. The van der Waals surface area contributed by atoms with E-state index in [1.54, 1.807) is 24.3 Å². The summed E-state index contributed by atoms with van der Waals surface area (Å²) < 4.78 is 1.29. The van der Waals surface area contributed by atoms with E-state index in [1.807, 2.05) is 6.07 Å². The van der Waals surface area contributed by atoms with Crippen molar-refractivity contribution in [1.82, 2.24) is 9.55 Å². The summed E-state index contributed by atoms with van der Waals surface area (Å²) in [7, 11) is 0. The number of para-hydroxylation sites is 1. The highest BCUT2D eigenvalue weighted by atomic mass is 16.4. The number of aromatic nitrogens is 2. The largest absolute Gasteiger partial charge is 0.478 e. The summed E-state index contributed by atoms with van der Waals surface area (Å²) in [5, 5.41) is 26.9. The lowest BCUT2D eigenvalue weighted by Crippen LogP contribution is -2.06. The summed E-state index contributed by atoms with van der Waals surface area (Å²) in [5.74, 6) is -1.11. The molecular formula is C12H6N4O2. The molecule has 0 amide bonds. The molecule has 0 aliphatic rings. The number of hydrogen-bond donors (Lipinski definition) is 1. The third-order valence-electron chi connectivity index (χ3n) is 2.37. The predicted octanol–water partition coefficient (Wildman–Crippen LogP) is 1.31. The van der Waals surface area contributed by atoms with Gasteiger partial charge in [-0.1, -0.05) is 12.1 Å². The molecule has 0 aliphatic carbocycles. The normalized spacial score (nSPS) is 9.44. The highest BCUT2D eigenvalue weighted by Gasteiger charge is 2.16. The molecule has 0 spiro atoms. The van der Waals surface area contributed by atoms with Crippen LogP contribution in [0.25, 0.3) is 5.69 Å². The molecule has 0 saturated heterocycles. The molecule has 1 heterocycles. The third kappa shape index (κ3) is 1.68. The second kappa shape index (κ2) is 4.40. The molecule has 18 heavy (non-hydrogen) atoms. The second-order valence-electron chi connectivity index (χ2n) is 3.36. The van der Waals surface area contributed by atoms with Crippen LogP contribution in [-0.2, 0) is 0 Å². The molecule has 86 valence electrons. The molecule has 6 heteroatoms. The van der Waals surface area contributed by atoms with Crippen LogP contribution in [0.3, 0.4) is 0 Å². The second-order valence-corrected chi connectivity index (χ2v) is 3.36. The van der Waals surface area contributed by atoms with E-state index in [4.69, 9.17) is 15.6 Å². The summed E-state index contributed by atoms with van der Waals surface area (Å²) in [6.07, 6.45) is 1.26. The smallest absolute Gasteiger partial charge is 0.337 e.